The number of aliphatic hydroxyl groups excluding tert-OH is 1. The third kappa shape index (κ3) is 63.5. The van der Waals surface area contributed by atoms with Gasteiger partial charge in [-0.25, -0.2) is 0 Å². The lowest BCUT2D eigenvalue weighted by atomic mass is 10.0. The molecule has 0 amide bonds. The number of allylic oxidation sites excluding steroid dienone is 30. The van der Waals surface area contributed by atoms with Crippen LogP contribution in [0.15, 0.2) is 182 Å². The molecule has 0 saturated carbocycles. The number of esters is 2. The first-order valence-electron chi connectivity index (χ1n) is 31.3. The average Bonchev–Trinajstić information content (AvgIpc) is 3.44. The van der Waals surface area contributed by atoms with Crippen LogP contribution in [0.25, 0.3) is 0 Å². The molecular weight excluding hydrogens is 957 g/mol. The predicted octanol–water partition coefficient (Wildman–Crippen LogP) is 21.9. The molecule has 0 aliphatic carbocycles. The number of carbonyl (C=O) groups is 2. The van der Waals surface area contributed by atoms with Gasteiger partial charge in [-0.3, -0.25) is 9.59 Å². The molecule has 0 fully saturated rings. The van der Waals surface area contributed by atoms with Crippen LogP contribution in [0.1, 0.15) is 245 Å². The monoisotopic (exact) mass is 1070 g/mol. The fourth-order valence-corrected chi connectivity index (χ4v) is 8.08. The first-order valence-corrected chi connectivity index (χ1v) is 31.3. The normalized spacial score (nSPS) is 13.5. The van der Waals surface area contributed by atoms with Crippen molar-refractivity contribution < 1.29 is 24.2 Å². The van der Waals surface area contributed by atoms with Crippen molar-refractivity contribution in [2.75, 3.05) is 13.2 Å². The minimum atomic E-state index is -0.795. The van der Waals surface area contributed by atoms with Gasteiger partial charge in [0.2, 0.25) is 0 Å². The summed E-state index contributed by atoms with van der Waals surface area (Å²) < 4.78 is 10.7. The molecule has 1 atom stereocenters. The van der Waals surface area contributed by atoms with Gasteiger partial charge in [-0.05, 0) is 135 Å². The largest absolute Gasteiger partial charge is 0.462 e. The van der Waals surface area contributed by atoms with Gasteiger partial charge < -0.3 is 14.6 Å². The molecule has 5 heteroatoms. The summed E-state index contributed by atoms with van der Waals surface area (Å²) >= 11 is 0. The van der Waals surface area contributed by atoms with Gasteiger partial charge >= 0.3 is 11.9 Å². The number of ether oxygens (including phenoxy) is 2. The van der Waals surface area contributed by atoms with Gasteiger partial charge in [0.15, 0.2) is 6.10 Å². The summed E-state index contributed by atoms with van der Waals surface area (Å²) in [7, 11) is 0. The number of hydrogen-bond donors (Lipinski definition) is 1. The summed E-state index contributed by atoms with van der Waals surface area (Å²) in [5, 5.41) is 9.68. The minimum Gasteiger partial charge on any atom is -0.462 e. The summed E-state index contributed by atoms with van der Waals surface area (Å²) in [6.45, 7) is 3.89. The van der Waals surface area contributed by atoms with E-state index >= 15 is 0 Å². The van der Waals surface area contributed by atoms with Crippen LogP contribution in [-0.2, 0) is 19.1 Å². The molecule has 0 rings (SSSR count). The van der Waals surface area contributed by atoms with Gasteiger partial charge in [0, 0.05) is 12.8 Å². The quantitative estimate of drug-likeness (QED) is 0.0373. The molecule has 0 aromatic rings. The lowest BCUT2D eigenvalue weighted by molar-refractivity contribution is -0.161. The van der Waals surface area contributed by atoms with Gasteiger partial charge in [0.1, 0.15) is 6.61 Å². The molecule has 0 bridgehead atoms. The van der Waals surface area contributed by atoms with Crippen molar-refractivity contribution in [2.45, 2.75) is 251 Å². The number of aliphatic hydroxyl groups is 1. The SMILES string of the molecule is CC/C=C\C/C=C\C/C=C\C/C=C\C/C=C\C/C=C\C/C=C\C/C=C\CCCCCCCCCCCCC(=O)OC(CO)COC(=O)CCCCCCCCC/C=C\C/C=C\C/C=C\C/C=C\C/C=C\C/C=C\C/C=C\CC. The van der Waals surface area contributed by atoms with E-state index in [-0.39, 0.29) is 25.2 Å². The highest BCUT2D eigenvalue weighted by Crippen LogP contribution is 2.14. The zero-order valence-electron chi connectivity index (χ0n) is 49.8. The first kappa shape index (κ1) is 73.0. The second-order valence-corrected chi connectivity index (χ2v) is 20.0. The molecule has 78 heavy (non-hydrogen) atoms. The molecule has 5 nitrogen and oxygen atoms in total. The molecule has 0 radical (unpaired) electrons. The van der Waals surface area contributed by atoms with Crippen LogP contribution in [0.5, 0.6) is 0 Å². The van der Waals surface area contributed by atoms with E-state index in [2.05, 4.69) is 196 Å². The summed E-state index contributed by atoms with van der Waals surface area (Å²) in [4.78, 5) is 24.6. The molecule has 1 unspecified atom stereocenters. The van der Waals surface area contributed by atoms with Gasteiger partial charge in [0.05, 0.1) is 6.61 Å². The summed E-state index contributed by atoms with van der Waals surface area (Å²) in [6.07, 6.45) is 104. The molecule has 436 valence electrons. The van der Waals surface area contributed by atoms with Crippen molar-refractivity contribution in [1.29, 1.82) is 0 Å². The van der Waals surface area contributed by atoms with Crippen molar-refractivity contribution in [3.63, 3.8) is 0 Å². The lowest BCUT2D eigenvalue weighted by Crippen LogP contribution is -2.28. The van der Waals surface area contributed by atoms with Crippen molar-refractivity contribution in [3.8, 4) is 0 Å². The maximum absolute atomic E-state index is 12.3. The first-order chi connectivity index (χ1) is 38.6. The standard InChI is InChI=1S/C73H114O5/c1-3-5-7-9-11-13-15-17-19-21-23-25-27-29-31-33-34-35-36-37-38-40-42-44-46-48-50-52-54-56-58-60-62-64-66-68-73(76)78-71(69-74)70-77-72(75)67-65-63-61-59-57-55-53-51-49-47-45-43-41-39-32-30-28-26-24-22-20-18-16-14-12-10-8-6-4-2/h5-8,11-14,17-20,23-26,29-32,34-35,37-38,41-44,47,49,71,74H,3-4,9-10,15-16,21-22,27-28,33,36,39-40,45-46,48,50-70H2,1-2H3/b7-5-,8-6-,13-11-,14-12-,19-17-,20-18-,25-23-,26-24-,31-29-,32-30-,35-34-,38-37-,43-41-,44-42-,49-47-. The van der Waals surface area contributed by atoms with Crippen LogP contribution < -0.4 is 0 Å². The summed E-state index contributed by atoms with van der Waals surface area (Å²) in [6, 6.07) is 0. The average molecular weight is 1070 g/mol. The Morgan fingerprint density at radius 1 is 0.295 bits per heavy atom. The van der Waals surface area contributed by atoms with E-state index in [1.807, 2.05) is 0 Å². The van der Waals surface area contributed by atoms with Gasteiger partial charge in [-0.1, -0.05) is 280 Å². The van der Waals surface area contributed by atoms with Crippen LogP contribution in [0.3, 0.4) is 0 Å². The van der Waals surface area contributed by atoms with Crippen LogP contribution >= 0.6 is 0 Å². The zero-order chi connectivity index (χ0) is 56.2. The molecule has 1 N–H and O–H groups in total. The second kappa shape index (κ2) is 66.3. The Bertz CT molecular complexity index is 1780. The predicted molar refractivity (Wildman–Crippen MR) is 343 cm³/mol. The van der Waals surface area contributed by atoms with Crippen molar-refractivity contribution in [2.24, 2.45) is 0 Å². The summed E-state index contributed by atoms with van der Waals surface area (Å²) in [5.74, 6) is -0.620. The van der Waals surface area contributed by atoms with Gasteiger partial charge in [-0.15, -0.1) is 0 Å². The fraction of sp³-hybridized carbons (Fsp3) is 0.562. The van der Waals surface area contributed by atoms with Crippen molar-refractivity contribution in [1.82, 2.24) is 0 Å². The topological polar surface area (TPSA) is 72.8 Å². The van der Waals surface area contributed by atoms with E-state index in [9.17, 15) is 14.7 Å². The third-order valence-corrected chi connectivity index (χ3v) is 12.7. The van der Waals surface area contributed by atoms with E-state index in [1.54, 1.807) is 0 Å². The number of unbranched alkanes of at least 4 members (excludes halogenated alkanes) is 17. The van der Waals surface area contributed by atoms with Gasteiger partial charge in [-0.2, -0.15) is 0 Å². The molecule has 0 aromatic heterocycles. The third-order valence-electron chi connectivity index (χ3n) is 12.7. The Kier molecular flexibility index (Phi) is 62.0. The van der Waals surface area contributed by atoms with Gasteiger partial charge in [0.25, 0.3) is 0 Å². The smallest absolute Gasteiger partial charge is 0.306 e. The van der Waals surface area contributed by atoms with Crippen LogP contribution in [-0.4, -0.2) is 36.4 Å². The molecule has 0 aliphatic heterocycles. The lowest BCUT2D eigenvalue weighted by Gasteiger charge is -2.15. The molecule has 0 spiro atoms. The Balaban J connectivity index is 3.61. The highest BCUT2D eigenvalue weighted by molar-refractivity contribution is 5.70. The zero-order valence-corrected chi connectivity index (χ0v) is 49.8. The Hall–Kier alpha value is -5.00. The van der Waals surface area contributed by atoms with E-state index < -0.39 is 6.10 Å². The number of rotatable bonds is 55. The van der Waals surface area contributed by atoms with E-state index in [0.717, 1.165) is 141 Å². The molecular formula is C73H114O5. The van der Waals surface area contributed by atoms with E-state index in [4.69, 9.17) is 9.47 Å². The fourth-order valence-electron chi connectivity index (χ4n) is 8.08. The molecule has 0 aromatic carbocycles. The Morgan fingerprint density at radius 3 is 0.769 bits per heavy atom. The summed E-state index contributed by atoms with van der Waals surface area (Å²) in [5.41, 5.74) is 0. The highest BCUT2D eigenvalue weighted by Gasteiger charge is 2.16. The minimum absolute atomic E-state index is 0.0853. The van der Waals surface area contributed by atoms with Crippen molar-refractivity contribution >= 4 is 11.9 Å². The Morgan fingerprint density at radius 2 is 0.513 bits per heavy atom. The van der Waals surface area contributed by atoms with Crippen LogP contribution in [0.4, 0.5) is 0 Å². The van der Waals surface area contributed by atoms with E-state index in [0.29, 0.717) is 12.8 Å². The van der Waals surface area contributed by atoms with Crippen LogP contribution in [0, 0.1) is 0 Å². The number of carbonyl (C=O) groups excluding carboxylic acids is 2. The van der Waals surface area contributed by atoms with E-state index in [1.165, 1.54) is 77.0 Å². The molecule has 0 aliphatic rings. The highest BCUT2D eigenvalue weighted by atomic mass is 16.6. The van der Waals surface area contributed by atoms with Crippen LogP contribution in [0.2, 0.25) is 0 Å². The number of hydrogen-bond acceptors (Lipinski definition) is 5. The maximum Gasteiger partial charge on any atom is 0.306 e. The Labute approximate surface area is 480 Å². The molecule has 0 heterocycles. The molecule has 0 saturated heterocycles. The van der Waals surface area contributed by atoms with Crippen molar-refractivity contribution in [3.05, 3.63) is 182 Å². The second-order valence-electron chi connectivity index (χ2n) is 20.0. The maximum atomic E-state index is 12.3.